The average molecular weight is 334 g/mol. The van der Waals surface area contributed by atoms with Crippen molar-refractivity contribution in [2.24, 2.45) is 0 Å². The molecule has 0 aliphatic rings. The molecule has 2 rings (SSSR count). The first-order chi connectivity index (χ1) is 11.1. The number of halogens is 1. The standard InChI is InChI=1S/C18H20ClNO3/c1-23-15-8-7-14(16(19)12-15)11-18(22)20-10-9-17(21)13-5-3-2-4-6-13/h2-8,12,17,21H,9-11H2,1H3,(H,20,22)/t17-/m0/s1. The van der Waals surface area contributed by atoms with Crippen LogP contribution in [0.1, 0.15) is 23.7 Å². The van der Waals surface area contributed by atoms with E-state index in [0.29, 0.717) is 23.7 Å². The van der Waals surface area contributed by atoms with Gasteiger partial charge in [0.05, 0.1) is 19.6 Å². The summed E-state index contributed by atoms with van der Waals surface area (Å²) < 4.78 is 5.08. The predicted molar refractivity (Wildman–Crippen MR) is 90.7 cm³/mol. The predicted octanol–water partition coefficient (Wildman–Crippen LogP) is 3.13. The maximum atomic E-state index is 12.0. The number of nitrogens with one attached hydrogen (secondary N) is 1. The van der Waals surface area contributed by atoms with E-state index in [1.807, 2.05) is 30.3 Å². The molecule has 2 N–H and O–H groups in total. The monoisotopic (exact) mass is 333 g/mol. The van der Waals surface area contributed by atoms with E-state index in [9.17, 15) is 9.90 Å². The molecule has 4 nitrogen and oxygen atoms in total. The molecule has 23 heavy (non-hydrogen) atoms. The molecule has 0 saturated heterocycles. The second-order valence-electron chi connectivity index (χ2n) is 5.20. The van der Waals surface area contributed by atoms with Crippen LogP contribution in [0.5, 0.6) is 5.75 Å². The second kappa shape index (κ2) is 8.56. The zero-order valence-corrected chi connectivity index (χ0v) is 13.7. The maximum Gasteiger partial charge on any atom is 0.224 e. The Balaban J connectivity index is 1.79. The minimum atomic E-state index is -0.582. The molecule has 122 valence electrons. The minimum Gasteiger partial charge on any atom is -0.497 e. The zero-order chi connectivity index (χ0) is 16.7. The molecule has 5 heteroatoms. The van der Waals surface area contributed by atoms with Gasteiger partial charge >= 0.3 is 0 Å². The van der Waals surface area contributed by atoms with E-state index in [1.54, 1.807) is 25.3 Å². The average Bonchev–Trinajstić information content (AvgIpc) is 2.57. The summed E-state index contributed by atoms with van der Waals surface area (Å²) in [5.74, 6) is 0.530. The van der Waals surface area contributed by atoms with E-state index in [4.69, 9.17) is 16.3 Å². The first kappa shape index (κ1) is 17.3. The van der Waals surface area contributed by atoms with E-state index in [1.165, 1.54) is 0 Å². The molecule has 0 unspecified atom stereocenters. The van der Waals surface area contributed by atoms with Gasteiger partial charge in [0.25, 0.3) is 0 Å². The van der Waals surface area contributed by atoms with Crippen molar-refractivity contribution in [3.8, 4) is 5.75 Å². The quantitative estimate of drug-likeness (QED) is 0.818. The summed E-state index contributed by atoms with van der Waals surface area (Å²) in [6, 6.07) is 14.6. The molecule has 2 aromatic rings. The number of carbonyl (C=O) groups is 1. The summed E-state index contributed by atoms with van der Waals surface area (Å²) in [4.78, 5) is 12.0. The van der Waals surface area contributed by atoms with Gasteiger partial charge in [-0.3, -0.25) is 4.79 Å². The molecular weight excluding hydrogens is 314 g/mol. The number of aliphatic hydroxyl groups excluding tert-OH is 1. The fourth-order valence-corrected chi connectivity index (χ4v) is 2.46. The van der Waals surface area contributed by atoms with Gasteiger partial charge in [-0.2, -0.15) is 0 Å². The van der Waals surface area contributed by atoms with Gasteiger partial charge in [0.1, 0.15) is 5.75 Å². The van der Waals surface area contributed by atoms with Crippen LogP contribution in [0.2, 0.25) is 5.02 Å². The fraction of sp³-hybridized carbons (Fsp3) is 0.278. The molecule has 0 bridgehead atoms. The lowest BCUT2D eigenvalue weighted by molar-refractivity contribution is -0.120. The molecule has 0 aliphatic heterocycles. The van der Waals surface area contributed by atoms with Crippen molar-refractivity contribution in [2.45, 2.75) is 18.9 Å². The van der Waals surface area contributed by atoms with Gasteiger partial charge in [-0.15, -0.1) is 0 Å². The van der Waals surface area contributed by atoms with E-state index < -0.39 is 6.10 Å². The SMILES string of the molecule is COc1ccc(CC(=O)NCC[C@H](O)c2ccccc2)c(Cl)c1. The van der Waals surface area contributed by atoms with E-state index in [2.05, 4.69) is 5.32 Å². The fourth-order valence-electron chi connectivity index (χ4n) is 2.22. The lowest BCUT2D eigenvalue weighted by Gasteiger charge is -2.12. The molecule has 0 fully saturated rings. The summed E-state index contributed by atoms with van der Waals surface area (Å²) in [6.45, 7) is 0.405. The number of ether oxygens (including phenoxy) is 1. The van der Waals surface area contributed by atoms with Crippen molar-refractivity contribution in [1.82, 2.24) is 5.32 Å². The van der Waals surface area contributed by atoms with Gasteiger partial charge in [-0.1, -0.05) is 48.0 Å². The third-order valence-electron chi connectivity index (χ3n) is 3.54. The summed E-state index contributed by atoms with van der Waals surface area (Å²) in [5, 5.41) is 13.3. The number of amides is 1. The Morgan fingerprint density at radius 3 is 2.65 bits per heavy atom. The van der Waals surface area contributed by atoms with Gasteiger partial charge in [-0.25, -0.2) is 0 Å². The van der Waals surface area contributed by atoms with Crippen LogP contribution in [-0.2, 0) is 11.2 Å². The van der Waals surface area contributed by atoms with Crippen LogP contribution in [0.4, 0.5) is 0 Å². The molecule has 1 atom stereocenters. The molecule has 0 spiro atoms. The Bertz CT molecular complexity index is 646. The number of hydrogen-bond donors (Lipinski definition) is 2. The van der Waals surface area contributed by atoms with Crippen LogP contribution in [0.3, 0.4) is 0 Å². The van der Waals surface area contributed by atoms with Crippen molar-refractivity contribution < 1.29 is 14.6 Å². The zero-order valence-electron chi connectivity index (χ0n) is 13.0. The molecule has 0 radical (unpaired) electrons. The summed E-state index contributed by atoms with van der Waals surface area (Å²) in [6.07, 6.45) is 0.0807. The Labute approximate surface area is 141 Å². The second-order valence-corrected chi connectivity index (χ2v) is 5.61. The number of aliphatic hydroxyl groups is 1. The number of benzene rings is 2. The van der Waals surface area contributed by atoms with Crippen LogP contribution >= 0.6 is 11.6 Å². The van der Waals surface area contributed by atoms with Gasteiger partial charge in [0, 0.05) is 11.6 Å². The van der Waals surface area contributed by atoms with Crippen LogP contribution in [0, 0.1) is 0 Å². The van der Waals surface area contributed by atoms with Crippen molar-refractivity contribution in [1.29, 1.82) is 0 Å². The number of methoxy groups -OCH3 is 1. The lowest BCUT2D eigenvalue weighted by Crippen LogP contribution is -2.27. The van der Waals surface area contributed by atoms with Gasteiger partial charge < -0.3 is 15.2 Å². The van der Waals surface area contributed by atoms with Crippen LogP contribution < -0.4 is 10.1 Å². The number of rotatable bonds is 7. The minimum absolute atomic E-state index is 0.127. The molecule has 1 amide bonds. The first-order valence-electron chi connectivity index (χ1n) is 7.42. The molecule has 0 aliphatic carbocycles. The molecule has 0 heterocycles. The third-order valence-corrected chi connectivity index (χ3v) is 3.89. The molecular formula is C18H20ClNO3. The highest BCUT2D eigenvalue weighted by molar-refractivity contribution is 6.31. The smallest absolute Gasteiger partial charge is 0.224 e. The highest BCUT2D eigenvalue weighted by Crippen LogP contribution is 2.22. The Morgan fingerprint density at radius 2 is 2.00 bits per heavy atom. The Morgan fingerprint density at radius 1 is 1.26 bits per heavy atom. The van der Waals surface area contributed by atoms with Crippen molar-refractivity contribution >= 4 is 17.5 Å². The summed E-state index contributed by atoms with van der Waals surface area (Å²) >= 11 is 6.12. The van der Waals surface area contributed by atoms with Crippen molar-refractivity contribution in [3.63, 3.8) is 0 Å². The van der Waals surface area contributed by atoms with Gasteiger partial charge in [0.2, 0.25) is 5.91 Å². The maximum absolute atomic E-state index is 12.0. The van der Waals surface area contributed by atoms with Gasteiger partial charge in [0.15, 0.2) is 0 Å². The number of hydrogen-bond acceptors (Lipinski definition) is 3. The summed E-state index contributed by atoms with van der Waals surface area (Å²) in [5.41, 5.74) is 1.59. The van der Waals surface area contributed by atoms with Crippen molar-refractivity contribution in [2.75, 3.05) is 13.7 Å². The van der Waals surface area contributed by atoms with E-state index >= 15 is 0 Å². The van der Waals surface area contributed by atoms with Crippen LogP contribution in [0.25, 0.3) is 0 Å². The number of carbonyl (C=O) groups excluding carboxylic acids is 1. The molecule has 0 aromatic heterocycles. The third kappa shape index (κ3) is 5.27. The Hall–Kier alpha value is -2.04. The lowest BCUT2D eigenvalue weighted by atomic mass is 10.1. The molecule has 0 saturated carbocycles. The highest BCUT2D eigenvalue weighted by Gasteiger charge is 2.10. The van der Waals surface area contributed by atoms with E-state index in [-0.39, 0.29) is 12.3 Å². The Kier molecular flexibility index (Phi) is 6.44. The van der Waals surface area contributed by atoms with Crippen molar-refractivity contribution in [3.05, 3.63) is 64.7 Å². The normalized spacial score (nSPS) is 11.8. The highest BCUT2D eigenvalue weighted by atomic mass is 35.5. The first-order valence-corrected chi connectivity index (χ1v) is 7.80. The van der Waals surface area contributed by atoms with Gasteiger partial charge in [-0.05, 0) is 29.7 Å². The molecule has 2 aromatic carbocycles. The van der Waals surface area contributed by atoms with Crippen LogP contribution in [-0.4, -0.2) is 24.7 Å². The largest absolute Gasteiger partial charge is 0.497 e. The van der Waals surface area contributed by atoms with E-state index in [0.717, 1.165) is 11.1 Å². The van der Waals surface area contributed by atoms with Crippen LogP contribution in [0.15, 0.2) is 48.5 Å². The summed E-state index contributed by atoms with van der Waals surface area (Å²) in [7, 11) is 1.57. The topological polar surface area (TPSA) is 58.6 Å².